The molecular weight excluding hydrogens is 192 g/mol. The van der Waals surface area contributed by atoms with Crippen LogP contribution in [0, 0.1) is 11.3 Å². The zero-order valence-electron chi connectivity index (χ0n) is 8.36. The van der Waals surface area contributed by atoms with Gasteiger partial charge < -0.3 is 4.74 Å². The molecule has 0 radical (unpaired) electrons. The summed E-state index contributed by atoms with van der Waals surface area (Å²) in [6, 6.07) is 5.47. The summed E-state index contributed by atoms with van der Waals surface area (Å²) < 4.78 is 4.61. The molecule has 1 saturated carbocycles. The van der Waals surface area contributed by atoms with Crippen molar-refractivity contribution in [2.75, 3.05) is 7.11 Å². The van der Waals surface area contributed by atoms with Gasteiger partial charge in [0.15, 0.2) is 0 Å². The molecule has 0 atom stereocenters. The minimum absolute atomic E-state index is 0.396. The van der Waals surface area contributed by atoms with Crippen molar-refractivity contribution in [2.45, 2.75) is 18.3 Å². The highest BCUT2D eigenvalue weighted by Gasteiger charge is 2.46. The van der Waals surface area contributed by atoms with Crippen LogP contribution in [0.1, 0.15) is 28.9 Å². The zero-order valence-corrected chi connectivity index (χ0v) is 8.36. The number of hydrogen-bond acceptors (Lipinski definition) is 4. The predicted octanol–water partition coefficient (Wildman–Crippen LogP) is 1.42. The van der Waals surface area contributed by atoms with E-state index < -0.39 is 11.4 Å². The molecule has 1 aromatic rings. The van der Waals surface area contributed by atoms with Crippen LogP contribution in [0.5, 0.6) is 0 Å². The van der Waals surface area contributed by atoms with Crippen molar-refractivity contribution in [1.82, 2.24) is 4.98 Å². The Morgan fingerprint density at radius 3 is 2.93 bits per heavy atom. The molecule has 76 valence electrons. The van der Waals surface area contributed by atoms with Crippen LogP contribution in [0.15, 0.2) is 18.3 Å². The second-order valence-corrected chi connectivity index (χ2v) is 3.62. The van der Waals surface area contributed by atoms with Gasteiger partial charge in [-0.05, 0) is 25.0 Å². The van der Waals surface area contributed by atoms with Gasteiger partial charge in [-0.1, -0.05) is 0 Å². The number of carbonyl (C=O) groups excluding carboxylic acids is 1. The topological polar surface area (TPSA) is 63.0 Å². The average molecular weight is 202 g/mol. The van der Waals surface area contributed by atoms with E-state index in [0.717, 1.165) is 12.8 Å². The first kappa shape index (κ1) is 9.66. The summed E-state index contributed by atoms with van der Waals surface area (Å²) in [5.41, 5.74) is 0.668. The summed E-state index contributed by atoms with van der Waals surface area (Å²) in [4.78, 5) is 15.4. The molecule has 1 aliphatic carbocycles. The first-order valence-electron chi connectivity index (χ1n) is 4.68. The molecule has 0 amide bonds. The maximum atomic E-state index is 11.3. The van der Waals surface area contributed by atoms with Gasteiger partial charge in [-0.25, -0.2) is 4.79 Å². The van der Waals surface area contributed by atoms with Gasteiger partial charge >= 0.3 is 5.97 Å². The van der Waals surface area contributed by atoms with Crippen LogP contribution in [-0.4, -0.2) is 18.1 Å². The van der Waals surface area contributed by atoms with Crippen LogP contribution < -0.4 is 0 Å². The lowest BCUT2D eigenvalue weighted by atomic mass is 10.0. The summed E-state index contributed by atoms with van der Waals surface area (Å²) in [5.74, 6) is -0.396. The molecule has 2 rings (SSSR count). The maximum Gasteiger partial charge on any atom is 0.337 e. The number of nitriles is 1. The molecule has 0 spiro atoms. The number of nitrogens with zero attached hydrogens (tertiary/aromatic N) is 2. The Labute approximate surface area is 87.5 Å². The van der Waals surface area contributed by atoms with Crippen molar-refractivity contribution >= 4 is 5.97 Å². The third-order valence-corrected chi connectivity index (χ3v) is 2.64. The van der Waals surface area contributed by atoms with Crippen LogP contribution in [-0.2, 0) is 10.2 Å². The summed E-state index contributed by atoms with van der Waals surface area (Å²) in [6.07, 6.45) is 3.18. The van der Waals surface area contributed by atoms with Crippen molar-refractivity contribution in [3.05, 3.63) is 29.6 Å². The minimum Gasteiger partial charge on any atom is -0.465 e. The lowest BCUT2D eigenvalue weighted by molar-refractivity contribution is 0.0600. The van der Waals surface area contributed by atoms with E-state index >= 15 is 0 Å². The highest BCUT2D eigenvalue weighted by Crippen LogP contribution is 2.46. The number of esters is 1. The van der Waals surface area contributed by atoms with Crippen LogP contribution >= 0.6 is 0 Å². The molecule has 0 unspecified atom stereocenters. The summed E-state index contributed by atoms with van der Waals surface area (Å²) in [7, 11) is 1.33. The molecule has 0 bridgehead atoms. The van der Waals surface area contributed by atoms with Crippen molar-refractivity contribution in [1.29, 1.82) is 5.26 Å². The molecule has 0 saturated heterocycles. The molecule has 1 aromatic heterocycles. The van der Waals surface area contributed by atoms with Gasteiger partial charge in [0, 0.05) is 6.20 Å². The van der Waals surface area contributed by atoms with Gasteiger partial charge in [-0.2, -0.15) is 5.26 Å². The monoisotopic (exact) mass is 202 g/mol. The van der Waals surface area contributed by atoms with Crippen LogP contribution in [0.2, 0.25) is 0 Å². The standard InChI is InChI=1S/C11H10N2O2/c1-15-10(14)8-2-5-13-9(6-8)11(7-12)3-4-11/h2,5-6H,3-4H2,1H3. The quantitative estimate of drug-likeness (QED) is 0.680. The maximum absolute atomic E-state index is 11.3. The number of rotatable bonds is 2. The third-order valence-electron chi connectivity index (χ3n) is 2.64. The van der Waals surface area contributed by atoms with Crippen molar-refractivity contribution in [3.8, 4) is 6.07 Å². The van der Waals surface area contributed by atoms with E-state index in [2.05, 4.69) is 15.8 Å². The van der Waals surface area contributed by atoms with Crippen molar-refractivity contribution < 1.29 is 9.53 Å². The van der Waals surface area contributed by atoms with Gasteiger partial charge in [-0.3, -0.25) is 4.98 Å². The zero-order chi connectivity index (χ0) is 10.9. The number of carbonyl (C=O) groups is 1. The summed E-state index contributed by atoms with van der Waals surface area (Å²) in [5, 5.41) is 8.99. The minimum atomic E-state index is -0.454. The van der Waals surface area contributed by atoms with E-state index in [-0.39, 0.29) is 0 Å². The molecule has 0 N–H and O–H groups in total. The summed E-state index contributed by atoms with van der Waals surface area (Å²) in [6.45, 7) is 0. The fourth-order valence-corrected chi connectivity index (χ4v) is 1.49. The number of pyridine rings is 1. The molecule has 4 heteroatoms. The lowest BCUT2D eigenvalue weighted by Crippen LogP contribution is -2.09. The smallest absolute Gasteiger partial charge is 0.337 e. The fraction of sp³-hybridized carbons (Fsp3) is 0.364. The van der Waals surface area contributed by atoms with Crippen LogP contribution in [0.25, 0.3) is 0 Å². The number of hydrogen-bond donors (Lipinski definition) is 0. The Morgan fingerprint density at radius 1 is 1.67 bits per heavy atom. The Balaban J connectivity index is 2.36. The Morgan fingerprint density at radius 2 is 2.40 bits per heavy atom. The number of ether oxygens (including phenoxy) is 1. The molecule has 0 aromatic carbocycles. The van der Waals surface area contributed by atoms with Gasteiger partial charge in [0.1, 0.15) is 0 Å². The highest BCUT2D eigenvalue weighted by atomic mass is 16.5. The predicted molar refractivity (Wildman–Crippen MR) is 52.1 cm³/mol. The molecule has 15 heavy (non-hydrogen) atoms. The fourth-order valence-electron chi connectivity index (χ4n) is 1.49. The number of methoxy groups -OCH3 is 1. The molecule has 1 heterocycles. The van der Waals surface area contributed by atoms with E-state index in [9.17, 15) is 4.79 Å². The van der Waals surface area contributed by atoms with Gasteiger partial charge in [0.2, 0.25) is 0 Å². The van der Waals surface area contributed by atoms with Crippen molar-refractivity contribution in [3.63, 3.8) is 0 Å². The SMILES string of the molecule is COC(=O)c1ccnc(C2(C#N)CC2)c1. The Hall–Kier alpha value is -1.89. The summed E-state index contributed by atoms with van der Waals surface area (Å²) >= 11 is 0. The Kier molecular flexibility index (Phi) is 2.16. The van der Waals surface area contributed by atoms with E-state index in [1.54, 1.807) is 18.3 Å². The van der Waals surface area contributed by atoms with Gasteiger partial charge in [-0.15, -0.1) is 0 Å². The van der Waals surface area contributed by atoms with Crippen molar-refractivity contribution in [2.24, 2.45) is 0 Å². The van der Waals surface area contributed by atoms with Gasteiger partial charge in [0.05, 0.1) is 29.9 Å². The normalized spacial score (nSPS) is 16.5. The molecular formula is C11H10N2O2. The largest absolute Gasteiger partial charge is 0.465 e. The lowest BCUT2D eigenvalue weighted by Gasteiger charge is -2.06. The van der Waals surface area contributed by atoms with E-state index in [1.807, 2.05) is 0 Å². The first-order chi connectivity index (χ1) is 7.22. The first-order valence-corrected chi connectivity index (χ1v) is 4.68. The second-order valence-electron chi connectivity index (χ2n) is 3.62. The third kappa shape index (κ3) is 1.57. The van der Waals surface area contributed by atoms with E-state index in [1.165, 1.54) is 7.11 Å². The van der Waals surface area contributed by atoms with E-state index in [4.69, 9.17) is 5.26 Å². The van der Waals surface area contributed by atoms with Crippen LogP contribution in [0.4, 0.5) is 0 Å². The average Bonchev–Trinajstić information content (AvgIpc) is 3.09. The Bertz CT molecular complexity index is 444. The molecule has 4 nitrogen and oxygen atoms in total. The molecule has 1 aliphatic rings. The highest BCUT2D eigenvalue weighted by molar-refractivity contribution is 5.89. The molecule has 1 fully saturated rings. The van der Waals surface area contributed by atoms with Gasteiger partial charge in [0.25, 0.3) is 0 Å². The number of aromatic nitrogens is 1. The van der Waals surface area contributed by atoms with E-state index in [0.29, 0.717) is 11.3 Å². The van der Waals surface area contributed by atoms with Crippen LogP contribution in [0.3, 0.4) is 0 Å². The second kappa shape index (κ2) is 3.35. The molecule has 0 aliphatic heterocycles.